The third kappa shape index (κ3) is 9.35. The Morgan fingerprint density at radius 1 is 0.629 bits per heavy atom. The van der Waals surface area contributed by atoms with Gasteiger partial charge in [-0.2, -0.15) is 13.2 Å². The highest BCUT2D eigenvalue weighted by molar-refractivity contribution is 5.28. The van der Waals surface area contributed by atoms with E-state index in [1.54, 1.807) is 0 Å². The number of unbranched alkanes of at least 4 members (excludes halogenated alkanes) is 4. The van der Waals surface area contributed by atoms with Gasteiger partial charge >= 0.3 is 6.18 Å². The van der Waals surface area contributed by atoms with Gasteiger partial charge in [0.1, 0.15) is 17.2 Å². The Morgan fingerprint density at radius 3 is 1.51 bits per heavy atom. The predicted octanol–water partition coefficient (Wildman–Crippen LogP) is 10.7. The Hall–Kier alpha value is -1.13. The molecule has 0 amide bonds. The van der Waals surface area contributed by atoms with E-state index >= 15 is 0 Å². The largest absolute Gasteiger partial charge is 0.422 e. The van der Waals surface area contributed by atoms with Gasteiger partial charge in [0.2, 0.25) is 0 Å². The lowest BCUT2D eigenvalue weighted by Crippen LogP contribution is -2.18. The van der Waals surface area contributed by atoms with Crippen molar-refractivity contribution in [1.29, 1.82) is 0 Å². The maximum absolute atomic E-state index is 13.8. The highest BCUT2D eigenvalue weighted by Gasteiger charge is 2.38. The fourth-order valence-electron chi connectivity index (χ4n) is 6.54. The Morgan fingerprint density at radius 2 is 1.06 bits per heavy atom. The summed E-state index contributed by atoms with van der Waals surface area (Å²) in [4.78, 5) is 0. The molecule has 2 aliphatic carbocycles. The zero-order chi connectivity index (χ0) is 25.3. The Labute approximate surface area is 209 Å². The molecule has 1 aromatic carbocycles. The molecule has 0 saturated heterocycles. The predicted molar refractivity (Wildman–Crippen MR) is 133 cm³/mol. The number of hydrogen-bond donors (Lipinski definition) is 0. The topological polar surface area (TPSA) is 0 Å². The van der Waals surface area contributed by atoms with Crippen molar-refractivity contribution in [1.82, 2.24) is 0 Å². The summed E-state index contributed by atoms with van der Waals surface area (Å²) >= 11 is 0. The molecular weight excluding hydrogens is 455 g/mol. The van der Waals surface area contributed by atoms with E-state index in [9.17, 15) is 22.0 Å². The van der Waals surface area contributed by atoms with Gasteiger partial charge < -0.3 is 0 Å². The molecule has 5 heteroatoms. The smallest absolute Gasteiger partial charge is 0.206 e. The lowest BCUT2D eigenvalue weighted by Gasteiger charge is -2.32. The molecule has 0 aliphatic heterocycles. The van der Waals surface area contributed by atoms with Gasteiger partial charge in [-0.3, -0.25) is 0 Å². The average molecular weight is 501 g/mol. The molecule has 200 valence electrons. The second-order valence-electron chi connectivity index (χ2n) is 11.5. The van der Waals surface area contributed by atoms with Crippen LogP contribution in [0.15, 0.2) is 12.1 Å². The van der Waals surface area contributed by atoms with Gasteiger partial charge in [0.25, 0.3) is 0 Å². The number of rotatable bonds is 12. The molecule has 0 aromatic heterocycles. The Kier molecular flexibility index (Phi) is 11.4. The second kappa shape index (κ2) is 14.0. The molecule has 0 unspecified atom stereocenters. The zero-order valence-corrected chi connectivity index (χ0v) is 21.6. The van der Waals surface area contributed by atoms with E-state index in [-0.39, 0.29) is 0 Å². The Bertz CT molecular complexity index is 717. The van der Waals surface area contributed by atoms with Crippen LogP contribution in [0.3, 0.4) is 0 Å². The summed E-state index contributed by atoms with van der Waals surface area (Å²) in [6, 6.07) is 1.72. The van der Waals surface area contributed by atoms with E-state index in [1.165, 1.54) is 89.9 Å². The number of aryl methyl sites for hydroxylation is 1. The summed E-state index contributed by atoms with van der Waals surface area (Å²) in [5, 5.41) is 0. The maximum atomic E-state index is 13.8. The minimum absolute atomic E-state index is 0.326. The van der Waals surface area contributed by atoms with Crippen LogP contribution >= 0.6 is 0 Å². The number of halogens is 5. The van der Waals surface area contributed by atoms with Gasteiger partial charge in [-0.15, -0.1) is 0 Å². The van der Waals surface area contributed by atoms with Crippen LogP contribution in [0.25, 0.3) is 0 Å². The summed E-state index contributed by atoms with van der Waals surface area (Å²) in [6.07, 6.45) is 17.6. The fraction of sp³-hybridized carbons (Fsp3) is 0.800. The average Bonchev–Trinajstić information content (AvgIpc) is 2.81. The van der Waals surface area contributed by atoms with E-state index in [2.05, 4.69) is 6.92 Å². The molecule has 2 fully saturated rings. The van der Waals surface area contributed by atoms with Crippen LogP contribution in [-0.2, 0) is 12.6 Å². The van der Waals surface area contributed by atoms with Crippen LogP contribution in [0, 0.1) is 35.3 Å². The molecule has 0 bridgehead atoms. The van der Waals surface area contributed by atoms with Crippen LogP contribution in [0.4, 0.5) is 22.0 Å². The third-order valence-corrected chi connectivity index (χ3v) is 8.86. The van der Waals surface area contributed by atoms with E-state index < -0.39 is 23.4 Å². The lowest BCUT2D eigenvalue weighted by atomic mass is 9.74. The van der Waals surface area contributed by atoms with Crippen molar-refractivity contribution in [3.63, 3.8) is 0 Å². The summed E-state index contributed by atoms with van der Waals surface area (Å²) in [6.45, 7) is 2.27. The normalized spacial score (nSPS) is 25.7. The van der Waals surface area contributed by atoms with Crippen molar-refractivity contribution < 1.29 is 22.0 Å². The first-order valence-electron chi connectivity index (χ1n) is 14.3. The van der Waals surface area contributed by atoms with Crippen LogP contribution in [0.5, 0.6) is 0 Å². The minimum atomic E-state index is -5.00. The van der Waals surface area contributed by atoms with Crippen LogP contribution in [0.2, 0.25) is 0 Å². The molecule has 1 aromatic rings. The molecular formula is C30H45F5. The zero-order valence-electron chi connectivity index (χ0n) is 21.6. The molecule has 2 aliphatic rings. The quantitative estimate of drug-likeness (QED) is 0.198. The van der Waals surface area contributed by atoms with Crippen molar-refractivity contribution in [2.45, 2.75) is 129 Å². The number of hydrogen-bond acceptors (Lipinski definition) is 0. The van der Waals surface area contributed by atoms with E-state index in [0.717, 1.165) is 49.1 Å². The van der Waals surface area contributed by atoms with Gasteiger partial charge in [-0.1, -0.05) is 110 Å². The molecule has 0 heterocycles. The number of alkyl halides is 3. The first kappa shape index (κ1) is 28.4. The monoisotopic (exact) mass is 500 g/mol. The number of benzene rings is 1. The van der Waals surface area contributed by atoms with Crippen molar-refractivity contribution in [2.24, 2.45) is 23.7 Å². The molecule has 35 heavy (non-hydrogen) atoms. The molecule has 3 rings (SSSR count). The van der Waals surface area contributed by atoms with Gasteiger partial charge in [0.05, 0.1) is 0 Å². The third-order valence-electron chi connectivity index (χ3n) is 8.86. The summed E-state index contributed by atoms with van der Waals surface area (Å²) in [5.41, 5.74) is -1.45. The molecule has 0 radical (unpaired) electrons. The SMILES string of the molecule is CCCCCCCC1CCC(CCC2CCC(CCc3cc(F)c(C(F)(F)F)c(F)c3)CC2)CC1. The standard InChI is InChI=1S/C30H45F5/c1-2-3-4-5-6-7-22-8-10-23(11-9-22)12-13-24-14-16-25(17-15-24)18-19-26-20-27(31)29(28(32)21-26)30(33,34)35/h20-25H,2-19H2,1H3. The first-order chi connectivity index (χ1) is 16.8. The van der Waals surface area contributed by atoms with Crippen molar-refractivity contribution >= 4 is 0 Å². The van der Waals surface area contributed by atoms with Gasteiger partial charge in [-0.05, 0) is 54.2 Å². The molecule has 0 spiro atoms. The van der Waals surface area contributed by atoms with Crippen molar-refractivity contribution in [3.05, 3.63) is 34.9 Å². The van der Waals surface area contributed by atoms with Crippen molar-refractivity contribution in [3.8, 4) is 0 Å². The summed E-state index contributed by atoms with van der Waals surface area (Å²) in [5.74, 6) is 0.175. The van der Waals surface area contributed by atoms with Crippen LogP contribution in [0.1, 0.15) is 127 Å². The molecule has 2 saturated carbocycles. The highest BCUT2D eigenvalue weighted by Crippen LogP contribution is 2.39. The van der Waals surface area contributed by atoms with Gasteiger partial charge in [0.15, 0.2) is 0 Å². The summed E-state index contributed by atoms with van der Waals surface area (Å²) in [7, 11) is 0. The van der Waals surface area contributed by atoms with Gasteiger partial charge in [0, 0.05) is 0 Å². The summed E-state index contributed by atoms with van der Waals surface area (Å²) < 4.78 is 65.9. The Balaban J connectivity index is 1.29. The van der Waals surface area contributed by atoms with Crippen LogP contribution < -0.4 is 0 Å². The van der Waals surface area contributed by atoms with Crippen LogP contribution in [-0.4, -0.2) is 0 Å². The molecule has 0 nitrogen and oxygen atoms in total. The van der Waals surface area contributed by atoms with Gasteiger partial charge in [-0.25, -0.2) is 8.78 Å². The molecule has 0 atom stereocenters. The maximum Gasteiger partial charge on any atom is 0.422 e. The molecule has 0 N–H and O–H groups in total. The minimum Gasteiger partial charge on any atom is -0.206 e. The van der Waals surface area contributed by atoms with Crippen molar-refractivity contribution in [2.75, 3.05) is 0 Å². The first-order valence-corrected chi connectivity index (χ1v) is 14.3. The van der Waals surface area contributed by atoms with E-state index in [1.807, 2.05) is 0 Å². The van der Waals surface area contributed by atoms with E-state index in [0.29, 0.717) is 17.9 Å². The lowest BCUT2D eigenvalue weighted by molar-refractivity contribution is -0.142. The fourth-order valence-corrected chi connectivity index (χ4v) is 6.54. The highest BCUT2D eigenvalue weighted by atomic mass is 19.4. The van der Waals surface area contributed by atoms with E-state index in [4.69, 9.17) is 0 Å². The second-order valence-corrected chi connectivity index (χ2v) is 11.5.